The van der Waals surface area contributed by atoms with E-state index in [2.05, 4.69) is 43.5 Å². The van der Waals surface area contributed by atoms with Crippen LogP contribution in [0.5, 0.6) is 5.75 Å². The summed E-state index contributed by atoms with van der Waals surface area (Å²) in [7, 11) is -3.69. The maximum Gasteiger partial charge on any atom is 0.468 e. The van der Waals surface area contributed by atoms with Crippen LogP contribution in [-0.4, -0.2) is 62.5 Å². The van der Waals surface area contributed by atoms with Crippen LogP contribution in [0.3, 0.4) is 0 Å². The number of rotatable bonds is 8. The van der Waals surface area contributed by atoms with Crippen LogP contribution in [0.2, 0.25) is 39.3 Å². The van der Waals surface area contributed by atoms with Gasteiger partial charge in [-0.1, -0.05) is 51.4 Å². The lowest BCUT2D eigenvalue weighted by molar-refractivity contribution is 0.00662. The Labute approximate surface area is 178 Å². The molecule has 0 aliphatic heterocycles. The van der Waals surface area contributed by atoms with Crippen molar-refractivity contribution in [3.63, 3.8) is 0 Å². The number of para-hydroxylation sites is 1. The third-order valence-electron chi connectivity index (χ3n) is 4.47. The molecular formula is C20H38BNO5Si2. The van der Waals surface area contributed by atoms with Crippen LogP contribution in [0.25, 0.3) is 0 Å². The highest BCUT2D eigenvalue weighted by molar-refractivity contribution is 6.90. The van der Waals surface area contributed by atoms with Crippen LogP contribution < -0.4 is 4.74 Å². The van der Waals surface area contributed by atoms with Gasteiger partial charge in [0.05, 0.1) is 7.11 Å². The van der Waals surface area contributed by atoms with Gasteiger partial charge >= 0.3 is 13.1 Å². The first-order valence-corrected chi connectivity index (χ1v) is 16.9. The quantitative estimate of drug-likeness (QED) is 0.477. The fraction of sp³-hybridized carbons (Fsp3) is 0.650. The number of carbonyl (C=O) groups is 1. The minimum Gasteiger partial charge on any atom is -0.496 e. The normalized spacial score (nSPS) is 14.0. The number of benzene rings is 1. The van der Waals surface area contributed by atoms with E-state index in [0.29, 0.717) is 17.7 Å². The summed E-state index contributed by atoms with van der Waals surface area (Å²) < 4.78 is 13.5. The first-order chi connectivity index (χ1) is 13.0. The Morgan fingerprint density at radius 2 is 1.62 bits per heavy atom. The van der Waals surface area contributed by atoms with Crippen molar-refractivity contribution in [2.45, 2.75) is 78.0 Å². The summed E-state index contributed by atoms with van der Waals surface area (Å²) in [4.78, 5) is 12.7. The number of hydrogen-bond acceptors (Lipinski definition) is 6. The summed E-state index contributed by atoms with van der Waals surface area (Å²) in [6.45, 7) is 18.8. The molecule has 164 valence electrons. The average molecular weight is 440 g/mol. The van der Waals surface area contributed by atoms with Gasteiger partial charge in [0.1, 0.15) is 33.4 Å². The first-order valence-electron chi connectivity index (χ1n) is 10.0. The van der Waals surface area contributed by atoms with Crippen molar-refractivity contribution in [2.75, 3.05) is 7.11 Å². The van der Waals surface area contributed by atoms with Crippen LogP contribution in [-0.2, 0) is 11.2 Å². The van der Waals surface area contributed by atoms with Gasteiger partial charge in [0, 0.05) is 5.94 Å². The minimum atomic E-state index is -1.85. The van der Waals surface area contributed by atoms with Gasteiger partial charge < -0.3 is 23.8 Å². The van der Waals surface area contributed by atoms with E-state index in [4.69, 9.17) is 9.47 Å². The fourth-order valence-corrected chi connectivity index (χ4v) is 14.5. The second kappa shape index (κ2) is 9.34. The summed E-state index contributed by atoms with van der Waals surface area (Å²) in [6.07, 6.45) is 0.367. The molecule has 0 aliphatic carbocycles. The molecule has 2 N–H and O–H groups in total. The standard InChI is InChI=1S/C20H38BNO5Si2/c1-20(2,3)27-19(23)16-13-11-12-15(18(16)26-4)14-17(21(24)25)22(28(5,6)7)29(8,9)10/h11-13,17,24-25H,14H2,1-10H3/t17-/m1/s1. The van der Waals surface area contributed by atoms with Gasteiger partial charge in [0.25, 0.3) is 0 Å². The number of nitrogens with zero attached hydrogens (tertiary/aromatic N) is 1. The summed E-state index contributed by atoms with van der Waals surface area (Å²) in [5.74, 6) is -0.501. The Bertz CT molecular complexity index is 694. The van der Waals surface area contributed by atoms with E-state index in [9.17, 15) is 14.8 Å². The van der Waals surface area contributed by atoms with Gasteiger partial charge in [-0.25, -0.2) is 4.79 Å². The Balaban J connectivity index is 3.42. The molecule has 0 radical (unpaired) electrons. The molecule has 0 heterocycles. The SMILES string of the molecule is COc1c(C[C@H](B(O)O)N([Si](C)(C)C)[Si](C)(C)C)cccc1C(=O)OC(C)(C)C. The van der Waals surface area contributed by atoms with Crippen LogP contribution in [0.15, 0.2) is 18.2 Å². The van der Waals surface area contributed by atoms with Crippen LogP contribution in [0.4, 0.5) is 0 Å². The molecule has 0 saturated heterocycles. The Kier molecular flexibility index (Phi) is 8.35. The second-order valence-electron chi connectivity index (χ2n) is 10.4. The summed E-state index contributed by atoms with van der Waals surface area (Å²) >= 11 is 0. The molecule has 0 unspecified atom stereocenters. The number of hydrogen-bond donors (Lipinski definition) is 2. The zero-order chi connectivity index (χ0) is 22.8. The Morgan fingerprint density at radius 1 is 1.10 bits per heavy atom. The van der Waals surface area contributed by atoms with E-state index >= 15 is 0 Å². The monoisotopic (exact) mass is 439 g/mol. The molecule has 0 aliphatic rings. The summed E-state index contributed by atoms with van der Waals surface area (Å²) in [5, 5.41) is 20.6. The smallest absolute Gasteiger partial charge is 0.468 e. The predicted molar refractivity (Wildman–Crippen MR) is 124 cm³/mol. The van der Waals surface area contributed by atoms with Gasteiger partial charge in [0.2, 0.25) is 0 Å². The molecule has 9 heteroatoms. The Hall–Kier alpha value is -1.13. The highest BCUT2D eigenvalue weighted by Crippen LogP contribution is 2.31. The molecule has 0 saturated carbocycles. The number of esters is 1. The molecule has 1 atom stereocenters. The fourth-order valence-electron chi connectivity index (χ4n) is 4.04. The van der Waals surface area contributed by atoms with E-state index in [0.717, 1.165) is 5.56 Å². The van der Waals surface area contributed by atoms with E-state index in [1.54, 1.807) is 12.1 Å². The minimum absolute atomic E-state index is 0.346. The van der Waals surface area contributed by atoms with Crippen LogP contribution in [0.1, 0.15) is 36.7 Å². The first kappa shape index (κ1) is 25.9. The largest absolute Gasteiger partial charge is 0.496 e. The molecule has 1 rings (SSSR count). The van der Waals surface area contributed by atoms with Crippen molar-refractivity contribution >= 4 is 29.6 Å². The van der Waals surface area contributed by atoms with Crippen molar-refractivity contribution in [3.05, 3.63) is 29.3 Å². The van der Waals surface area contributed by atoms with Gasteiger partial charge in [-0.2, -0.15) is 0 Å². The zero-order valence-corrected chi connectivity index (χ0v) is 21.7. The van der Waals surface area contributed by atoms with Crippen molar-refractivity contribution in [2.24, 2.45) is 0 Å². The molecule has 1 aromatic carbocycles. The highest BCUT2D eigenvalue weighted by Gasteiger charge is 2.44. The molecule has 29 heavy (non-hydrogen) atoms. The number of methoxy groups -OCH3 is 1. The van der Waals surface area contributed by atoms with E-state index in [1.165, 1.54) is 7.11 Å². The molecular weight excluding hydrogens is 401 g/mol. The summed E-state index contributed by atoms with van der Waals surface area (Å²) in [6, 6.07) is 5.33. The molecule has 1 aromatic rings. The van der Waals surface area contributed by atoms with Gasteiger partial charge in [-0.05, 0) is 38.8 Å². The molecule has 0 amide bonds. The van der Waals surface area contributed by atoms with Crippen LogP contribution >= 0.6 is 0 Å². The van der Waals surface area contributed by atoms with Gasteiger partial charge in [-0.3, -0.25) is 0 Å². The lowest BCUT2D eigenvalue weighted by atomic mass is 9.76. The molecule has 0 fully saturated rings. The second-order valence-corrected chi connectivity index (χ2v) is 20.5. The average Bonchev–Trinajstić information content (AvgIpc) is 2.49. The maximum atomic E-state index is 12.7. The molecule has 0 bridgehead atoms. The van der Waals surface area contributed by atoms with Crippen molar-refractivity contribution in [3.8, 4) is 5.75 Å². The number of ether oxygens (including phenoxy) is 2. The Morgan fingerprint density at radius 3 is 2.00 bits per heavy atom. The molecule has 0 aromatic heterocycles. The highest BCUT2D eigenvalue weighted by atomic mass is 28.4. The lowest BCUT2D eigenvalue weighted by Crippen LogP contribution is -2.67. The third kappa shape index (κ3) is 7.25. The molecule has 6 nitrogen and oxygen atoms in total. The maximum absolute atomic E-state index is 12.7. The van der Waals surface area contributed by atoms with E-state index in [1.807, 2.05) is 26.8 Å². The van der Waals surface area contributed by atoms with Gasteiger partial charge in [0.15, 0.2) is 0 Å². The van der Waals surface area contributed by atoms with Crippen molar-refractivity contribution in [1.82, 2.24) is 4.23 Å². The zero-order valence-electron chi connectivity index (χ0n) is 19.7. The third-order valence-corrected chi connectivity index (χ3v) is 12.0. The van der Waals surface area contributed by atoms with Gasteiger partial charge in [-0.15, -0.1) is 0 Å². The van der Waals surface area contributed by atoms with Crippen molar-refractivity contribution in [1.29, 1.82) is 0 Å². The van der Waals surface area contributed by atoms with Crippen molar-refractivity contribution < 1.29 is 24.3 Å². The molecule has 0 spiro atoms. The topological polar surface area (TPSA) is 79.2 Å². The lowest BCUT2D eigenvalue weighted by Gasteiger charge is -2.48. The van der Waals surface area contributed by atoms with E-state index < -0.39 is 41.1 Å². The number of carbonyl (C=O) groups excluding carboxylic acids is 1. The predicted octanol–water partition coefficient (Wildman–Crippen LogP) is 3.55. The summed E-state index contributed by atoms with van der Waals surface area (Å²) in [5.41, 5.74) is 0.489. The van der Waals surface area contributed by atoms with E-state index in [-0.39, 0.29) is 0 Å². The van der Waals surface area contributed by atoms with Crippen LogP contribution in [0, 0.1) is 0 Å².